The molecule has 0 bridgehead atoms. The molecule has 0 radical (unpaired) electrons. The number of likely N-dealkylation sites (tertiary alicyclic amines) is 1. The highest BCUT2D eigenvalue weighted by atomic mass is 16.5. The molecule has 0 amide bonds. The molecule has 0 spiro atoms. The third-order valence-electron chi connectivity index (χ3n) is 2.31. The summed E-state index contributed by atoms with van der Waals surface area (Å²) >= 11 is 0. The molecule has 1 rings (SSSR count). The number of nitrogens with zero attached hydrogens (tertiary/aromatic N) is 1. The van der Waals surface area contributed by atoms with Crippen molar-refractivity contribution in [3.8, 4) is 0 Å². The van der Waals surface area contributed by atoms with Crippen molar-refractivity contribution >= 4 is 0 Å². The highest BCUT2D eigenvalue weighted by Crippen LogP contribution is 2.21. The lowest BCUT2D eigenvalue weighted by atomic mass is 10.0. The molecule has 3 heteroatoms. The van der Waals surface area contributed by atoms with E-state index in [-0.39, 0.29) is 5.60 Å². The molecule has 1 fully saturated rings. The van der Waals surface area contributed by atoms with Crippen LogP contribution in [0.4, 0.5) is 0 Å². The summed E-state index contributed by atoms with van der Waals surface area (Å²) in [6.45, 7) is 2.71. The second-order valence-corrected chi connectivity index (χ2v) is 3.08. The Morgan fingerprint density at radius 1 is 1.70 bits per heavy atom. The Bertz CT molecular complexity index is 112. The topological polar surface area (TPSA) is 38.5 Å². The van der Waals surface area contributed by atoms with Crippen LogP contribution < -0.4 is 5.73 Å². The van der Waals surface area contributed by atoms with E-state index in [1.807, 2.05) is 0 Å². The molecule has 1 aliphatic rings. The summed E-state index contributed by atoms with van der Waals surface area (Å²) in [6, 6.07) is 0. The molecular weight excluding hydrogens is 128 g/mol. The number of likely N-dealkylation sites (N-methyl/N-ethyl adjacent to an activating group) is 1. The van der Waals surface area contributed by atoms with Crippen LogP contribution in [0.5, 0.6) is 0 Å². The predicted molar refractivity (Wildman–Crippen MR) is 40.9 cm³/mol. The quantitative estimate of drug-likeness (QED) is 0.576. The number of rotatable bonds is 2. The van der Waals surface area contributed by atoms with E-state index >= 15 is 0 Å². The maximum atomic E-state index is 5.59. The lowest BCUT2D eigenvalue weighted by Crippen LogP contribution is -2.41. The van der Waals surface area contributed by atoms with Gasteiger partial charge in [-0.25, -0.2) is 0 Å². The SMILES string of the molecule is COC1(CN)CCN(C)C1. The summed E-state index contributed by atoms with van der Waals surface area (Å²) in [5.41, 5.74) is 5.54. The van der Waals surface area contributed by atoms with E-state index in [1.54, 1.807) is 7.11 Å². The van der Waals surface area contributed by atoms with Crippen LogP contribution in [0.25, 0.3) is 0 Å². The zero-order valence-corrected chi connectivity index (χ0v) is 6.76. The van der Waals surface area contributed by atoms with Crippen LogP contribution in [-0.2, 0) is 4.74 Å². The van der Waals surface area contributed by atoms with Gasteiger partial charge in [0.1, 0.15) is 0 Å². The minimum absolute atomic E-state index is 0.0469. The van der Waals surface area contributed by atoms with Gasteiger partial charge in [0.2, 0.25) is 0 Å². The van der Waals surface area contributed by atoms with Crippen molar-refractivity contribution in [2.24, 2.45) is 5.73 Å². The second-order valence-electron chi connectivity index (χ2n) is 3.08. The van der Waals surface area contributed by atoms with E-state index in [4.69, 9.17) is 10.5 Å². The number of methoxy groups -OCH3 is 1. The van der Waals surface area contributed by atoms with E-state index in [0.717, 1.165) is 19.5 Å². The maximum Gasteiger partial charge on any atom is 0.0938 e. The van der Waals surface area contributed by atoms with E-state index in [0.29, 0.717) is 6.54 Å². The molecule has 0 saturated carbocycles. The average molecular weight is 144 g/mol. The van der Waals surface area contributed by atoms with E-state index in [9.17, 15) is 0 Å². The summed E-state index contributed by atoms with van der Waals surface area (Å²) in [7, 11) is 3.84. The van der Waals surface area contributed by atoms with Crippen molar-refractivity contribution < 1.29 is 4.74 Å². The molecule has 1 saturated heterocycles. The zero-order chi connectivity index (χ0) is 7.61. The highest BCUT2D eigenvalue weighted by Gasteiger charge is 2.34. The summed E-state index contributed by atoms with van der Waals surface area (Å²) in [6.07, 6.45) is 1.07. The van der Waals surface area contributed by atoms with Gasteiger partial charge < -0.3 is 15.4 Å². The van der Waals surface area contributed by atoms with Gasteiger partial charge in [-0.3, -0.25) is 0 Å². The van der Waals surface area contributed by atoms with E-state index < -0.39 is 0 Å². The fourth-order valence-corrected chi connectivity index (χ4v) is 1.46. The van der Waals surface area contributed by atoms with Gasteiger partial charge in [0.15, 0.2) is 0 Å². The molecule has 60 valence electrons. The van der Waals surface area contributed by atoms with E-state index in [1.165, 1.54) is 0 Å². The molecule has 1 atom stereocenters. The Morgan fingerprint density at radius 2 is 2.40 bits per heavy atom. The highest BCUT2D eigenvalue weighted by molar-refractivity contribution is 4.90. The lowest BCUT2D eigenvalue weighted by molar-refractivity contribution is 0.00813. The third-order valence-corrected chi connectivity index (χ3v) is 2.31. The molecule has 1 aliphatic heterocycles. The largest absolute Gasteiger partial charge is 0.376 e. The average Bonchev–Trinajstić information content (AvgIpc) is 2.33. The smallest absolute Gasteiger partial charge is 0.0938 e. The van der Waals surface area contributed by atoms with Crippen LogP contribution in [0, 0.1) is 0 Å². The molecule has 1 unspecified atom stereocenters. The van der Waals surface area contributed by atoms with Crippen molar-refractivity contribution in [3.63, 3.8) is 0 Å². The standard InChI is InChI=1S/C7H16N2O/c1-9-4-3-7(5-8,6-9)10-2/h3-6,8H2,1-2H3. The van der Waals surface area contributed by atoms with Gasteiger partial charge in [-0.2, -0.15) is 0 Å². The van der Waals surface area contributed by atoms with Crippen molar-refractivity contribution in [3.05, 3.63) is 0 Å². The van der Waals surface area contributed by atoms with Crippen LogP contribution in [0.3, 0.4) is 0 Å². The van der Waals surface area contributed by atoms with Crippen LogP contribution in [0.2, 0.25) is 0 Å². The van der Waals surface area contributed by atoms with Crippen LogP contribution in [-0.4, -0.2) is 44.3 Å². The monoisotopic (exact) mass is 144 g/mol. The molecule has 1 heterocycles. The first kappa shape index (κ1) is 7.98. The minimum atomic E-state index is -0.0469. The van der Waals surface area contributed by atoms with Gasteiger partial charge >= 0.3 is 0 Å². The van der Waals surface area contributed by atoms with Gasteiger partial charge in [-0.05, 0) is 13.5 Å². The Hall–Kier alpha value is -0.120. The number of hydrogen-bond acceptors (Lipinski definition) is 3. The Labute approximate surface area is 62.1 Å². The predicted octanol–water partition coefficient (Wildman–Crippen LogP) is -0.334. The summed E-state index contributed by atoms with van der Waals surface area (Å²) in [5, 5.41) is 0. The first-order chi connectivity index (χ1) is 4.72. The summed E-state index contributed by atoms with van der Waals surface area (Å²) in [5.74, 6) is 0. The fraction of sp³-hybridized carbons (Fsp3) is 1.00. The molecule has 0 aromatic heterocycles. The second kappa shape index (κ2) is 2.86. The Balaban J connectivity index is 2.51. The molecule has 0 aromatic rings. The molecule has 10 heavy (non-hydrogen) atoms. The number of hydrogen-bond donors (Lipinski definition) is 1. The van der Waals surface area contributed by atoms with Crippen molar-refractivity contribution in [1.29, 1.82) is 0 Å². The normalized spacial score (nSPS) is 35.1. The minimum Gasteiger partial charge on any atom is -0.376 e. The Morgan fingerprint density at radius 3 is 2.60 bits per heavy atom. The number of nitrogens with two attached hydrogens (primary N) is 1. The fourth-order valence-electron chi connectivity index (χ4n) is 1.46. The lowest BCUT2D eigenvalue weighted by Gasteiger charge is -2.25. The van der Waals surface area contributed by atoms with Gasteiger partial charge in [0.25, 0.3) is 0 Å². The van der Waals surface area contributed by atoms with Gasteiger partial charge in [0.05, 0.1) is 5.60 Å². The van der Waals surface area contributed by atoms with Crippen LogP contribution in [0.15, 0.2) is 0 Å². The molecule has 2 N–H and O–H groups in total. The zero-order valence-electron chi connectivity index (χ0n) is 6.76. The number of ether oxygens (including phenoxy) is 1. The van der Waals surface area contributed by atoms with Crippen molar-refractivity contribution in [2.75, 3.05) is 33.8 Å². The van der Waals surface area contributed by atoms with Crippen LogP contribution >= 0.6 is 0 Å². The third kappa shape index (κ3) is 1.31. The molecular formula is C7H16N2O. The maximum absolute atomic E-state index is 5.59. The van der Waals surface area contributed by atoms with Crippen LogP contribution in [0.1, 0.15) is 6.42 Å². The van der Waals surface area contributed by atoms with E-state index in [2.05, 4.69) is 11.9 Å². The molecule has 0 aliphatic carbocycles. The Kier molecular flexibility index (Phi) is 2.28. The summed E-state index contributed by atoms with van der Waals surface area (Å²) in [4.78, 5) is 2.25. The van der Waals surface area contributed by atoms with Crippen molar-refractivity contribution in [2.45, 2.75) is 12.0 Å². The first-order valence-corrected chi connectivity index (χ1v) is 3.66. The van der Waals surface area contributed by atoms with Gasteiger partial charge in [0, 0.05) is 26.7 Å². The van der Waals surface area contributed by atoms with Crippen molar-refractivity contribution in [1.82, 2.24) is 4.90 Å². The summed E-state index contributed by atoms with van der Waals surface area (Å²) < 4.78 is 5.35. The van der Waals surface area contributed by atoms with Gasteiger partial charge in [-0.1, -0.05) is 0 Å². The van der Waals surface area contributed by atoms with Gasteiger partial charge in [-0.15, -0.1) is 0 Å². The molecule has 3 nitrogen and oxygen atoms in total. The first-order valence-electron chi connectivity index (χ1n) is 3.66. The molecule has 0 aromatic carbocycles.